The van der Waals surface area contributed by atoms with Crippen LogP contribution >= 0.6 is 0 Å². The summed E-state index contributed by atoms with van der Waals surface area (Å²) in [6, 6.07) is 0. The molecule has 4 heteroatoms. The van der Waals surface area contributed by atoms with Gasteiger partial charge in [0.2, 0.25) is 0 Å². The number of nitrogens with zero attached hydrogens (tertiary/aromatic N) is 2. The maximum absolute atomic E-state index is 5.64. The van der Waals surface area contributed by atoms with Crippen molar-refractivity contribution < 1.29 is 4.74 Å². The van der Waals surface area contributed by atoms with Gasteiger partial charge in [-0.2, -0.15) is 5.10 Å². The molecule has 13 heavy (non-hydrogen) atoms. The number of hydrogen-bond acceptors (Lipinski definition) is 3. The molecule has 0 amide bonds. The van der Waals surface area contributed by atoms with Crippen LogP contribution in [-0.2, 0) is 16.9 Å². The van der Waals surface area contributed by atoms with Gasteiger partial charge in [0.25, 0.3) is 0 Å². The third-order valence-corrected chi connectivity index (χ3v) is 2.41. The molecule has 1 unspecified atom stereocenters. The van der Waals surface area contributed by atoms with Gasteiger partial charge in [-0.05, 0) is 13.8 Å². The summed E-state index contributed by atoms with van der Waals surface area (Å²) in [6.45, 7) is 5.33. The number of aromatic nitrogens is 2. The highest BCUT2D eigenvalue weighted by Crippen LogP contribution is 2.22. The summed E-state index contributed by atoms with van der Waals surface area (Å²) in [4.78, 5) is 0. The van der Waals surface area contributed by atoms with E-state index in [-0.39, 0.29) is 0 Å². The lowest BCUT2D eigenvalue weighted by Crippen LogP contribution is -2.33. The maximum Gasteiger partial charge on any atom is 0.105 e. The largest absolute Gasteiger partial charge is 0.372 e. The second-order valence-corrected chi connectivity index (χ2v) is 3.22. The van der Waals surface area contributed by atoms with E-state index in [4.69, 9.17) is 10.5 Å². The third kappa shape index (κ3) is 1.89. The molecule has 1 aromatic heterocycles. The van der Waals surface area contributed by atoms with Crippen molar-refractivity contribution in [3.8, 4) is 0 Å². The summed E-state index contributed by atoms with van der Waals surface area (Å²) >= 11 is 0. The number of ether oxygens (including phenoxy) is 1. The fourth-order valence-corrected chi connectivity index (χ4v) is 1.13. The lowest BCUT2D eigenvalue weighted by molar-refractivity contribution is 0.0100. The first-order valence-electron chi connectivity index (χ1n) is 4.44. The molecule has 0 saturated heterocycles. The molecule has 0 bridgehead atoms. The van der Waals surface area contributed by atoms with Gasteiger partial charge < -0.3 is 10.5 Å². The monoisotopic (exact) mass is 183 g/mol. The van der Waals surface area contributed by atoms with Crippen LogP contribution in [0, 0.1) is 0 Å². The molecule has 0 aromatic carbocycles. The van der Waals surface area contributed by atoms with Crippen LogP contribution in [0.25, 0.3) is 0 Å². The molecule has 74 valence electrons. The summed E-state index contributed by atoms with van der Waals surface area (Å²) in [5, 5.41) is 4.18. The Morgan fingerprint density at radius 3 is 2.77 bits per heavy atom. The van der Waals surface area contributed by atoms with Gasteiger partial charge in [0.1, 0.15) is 5.60 Å². The van der Waals surface area contributed by atoms with E-state index in [0.29, 0.717) is 6.54 Å². The first-order chi connectivity index (χ1) is 6.16. The van der Waals surface area contributed by atoms with Crippen molar-refractivity contribution in [1.82, 2.24) is 9.78 Å². The van der Waals surface area contributed by atoms with Crippen LogP contribution in [0.2, 0.25) is 0 Å². The highest BCUT2D eigenvalue weighted by Gasteiger charge is 2.25. The molecule has 1 aromatic rings. The fourth-order valence-electron chi connectivity index (χ4n) is 1.13. The van der Waals surface area contributed by atoms with Gasteiger partial charge in [0, 0.05) is 32.0 Å². The van der Waals surface area contributed by atoms with Crippen molar-refractivity contribution in [1.29, 1.82) is 0 Å². The van der Waals surface area contributed by atoms with E-state index in [0.717, 1.165) is 12.1 Å². The Bertz CT molecular complexity index is 266. The van der Waals surface area contributed by atoms with Gasteiger partial charge in [-0.1, -0.05) is 0 Å². The molecule has 0 aliphatic heterocycles. The topological polar surface area (TPSA) is 53.1 Å². The summed E-state index contributed by atoms with van der Waals surface area (Å²) in [6.07, 6.45) is 3.77. The zero-order valence-corrected chi connectivity index (χ0v) is 8.45. The van der Waals surface area contributed by atoms with E-state index in [1.807, 2.05) is 24.7 Å². The maximum atomic E-state index is 5.64. The van der Waals surface area contributed by atoms with Gasteiger partial charge in [0.05, 0.1) is 6.20 Å². The average Bonchev–Trinajstić information content (AvgIpc) is 2.65. The quantitative estimate of drug-likeness (QED) is 0.748. The normalized spacial score (nSPS) is 15.7. The minimum atomic E-state index is -0.409. The molecule has 1 heterocycles. The Morgan fingerprint density at radius 2 is 2.38 bits per heavy atom. The second-order valence-electron chi connectivity index (χ2n) is 3.22. The SMILES string of the molecule is CCn1cc(C(C)(CN)OC)cn1. The molecule has 0 aliphatic rings. The van der Waals surface area contributed by atoms with E-state index in [1.54, 1.807) is 13.3 Å². The molecule has 0 aliphatic carbocycles. The molecule has 0 fully saturated rings. The minimum Gasteiger partial charge on any atom is -0.372 e. The Morgan fingerprint density at radius 1 is 1.69 bits per heavy atom. The highest BCUT2D eigenvalue weighted by atomic mass is 16.5. The number of rotatable bonds is 4. The lowest BCUT2D eigenvalue weighted by atomic mass is 10.00. The third-order valence-electron chi connectivity index (χ3n) is 2.41. The molecule has 1 rings (SSSR count). The van der Waals surface area contributed by atoms with E-state index < -0.39 is 5.60 Å². The second kappa shape index (κ2) is 3.89. The lowest BCUT2D eigenvalue weighted by Gasteiger charge is -2.24. The zero-order valence-electron chi connectivity index (χ0n) is 8.45. The Labute approximate surface area is 78.7 Å². The zero-order chi connectivity index (χ0) is 9.90. The molecular weight excluding hydrogens is 166 g/mol. The predicted octanol–water partition coefficient (Wildman–Crippen LogP) is 0.723. The van der Waals surface area contributed by atoms with Crippen molar-refractivity contribution >= 4 is 0 Å². The van der Waals surface area contributed by atoms with Crippen molar-refractivity contribution in [2.45, 2.75) is 26.0 Å². The molecule has 0 saturated carbocycles. The summed E-state index contributed by atoms with van der Waals surface area (Å²) in [5.41, 5.74) is 6.26. The van der Waals surface area contributed by atoms with Gasteiger partial charge in [0.15, 0.2) is 0 Å². The van der Waals surface area contributed by atoms with Crippen molar-refractivity contribution in [2.75, 3.05) is 13.7 Å². The van der Waals surface area contributed by atoms with Gasteiger partial charge in [-0.15, -0.1) is 0 Å². The number of nitrogens with two attached hydrogens (primary N) is 1. The molecular formula is C9H17N3O. The van der Waals surface area contributed by atoms with Gasteiger partial charge >= 0.3 is 0 Å². The first kappa shape index (κ1) is 10.2. The standard InChI is InChI=1S/C9H17N3O/c1-4-12-6-8(5-11-12)9(2,7-10)13-3/h5-6H,4,7,10H2,1-3H3. The van der Waals surface area contributed by atoms with Crippen LogP contribution < -0.4 is 5.73 Å². The summed E-state index contributed by atoms with van der Waals surface area (Å²) in [7, 11) is 1.66. The van der Waals surface area contributed by atoms with E-state index in [1.165, 1.54) is 0 Å². The van der Waals surface area contributed by atoms with Crippen molar-refractivity contribution in [2.24, 2.45) is 5.73 Å². The molecule has 0 radical (unpaired) electrons. The minimum absolute atomic E-state index is 0.409. The Kier molecular flexibility index (Phi) is 3.06. The summed E-state index contributed by atoms with van der Waals surface area (Å²) in [5.74, 6) is 0. The van der Waals surface area contributed by atoms with Crippen LogP contribution in [0.15, 0.2) is 12.4 Å². The van der Waals surface area contributed by atoms with Gasteiger partial charge in [-0.3, -0.25) is 4.68 Å². The predicted molar refractivity (Wildman–Crippen MR) is 51.3 cm³/mol. The van der Waals surface area contributed by atoms with Crippen molar-refractivity contribution in [3.63, 3.8) is 0 Å². The number of hydrogen-bond donors (Lipinski definition) is 1. The van der Waals surface area contributed by atoms with E-state index in [9.17, 15) is 0 Å². The Balaban J connectivity index is 2.91. The van der Waals surface area contributed by atoms with E-state index in [2.05, 4.69) is 5.10 Å². The molecule has 4 nitrogen and oxygen atoms in total. The molecule has 0 spiro atoms. The van der Waals surface area contributed by atoms with Crippen LogP contribution in [0.1, 0.15) is 19.4 Å². The van der Waals surface area contributed by atoms with E-state index >= 15 is 0 Å². The smallest absolute Gasteiger partial charge is 0.105 e. The summed E-state index contributed by atoms with van der Waals surface area (Å²) < 4.78 is 7.22. The van der Waals surface area contributed by atoms with Crippen LogP contribution in [-0.4, -0.2) is 23.4 Å². The first-order valence-corrected chi connectivity index (χ1v) is 4.44. The van der Waals surface area contributed by atoms with Crippen LogP contribution in [0.4, 0.5) is 0 Å². The fraction of sp³-hybridized carbons (Fsp3) is 0.667. The number of methoxy groups -OCH3 is 1. The van der Waals surface area contributed by atoms with Crippen LogP contribution in [0.3, 0.4) is 0 Å². The van der Waals surface area contributed by atoms with Crippen molar-refractivity contribution in [3.05, 3.63) is 18.0 Å². The molecule has 2 N–H and O–H groups in total. The highest BCUT2D eigenvalue weighted by molar-refractivity contribution is 5.15. The number of aryl methyl sites for hydroxylation is 1. The van der Waals surface area contributed by atoms with Crippen LogP contribution in [0.5, 0.6) is 0 Å². The van der Waals surface area contributed by atoms with Gasteiger partial charge in [-0.25, -0.2) is 0 Å². The average molecular weight is 183 g/mol. The molecule has 1 atom stereocenters. The Hall–Kier alpha value is -0.870.